The van der Waals surface area contributed by atoms with Crippen LogP contribution in [0.5, 0.6) is 11.5 Å². The normalized spacial score (nSPS) is 10.9. The van der Waals surface area contributed by atoms with Gasteiger partial charge in [-0.1, -0.05) is 12.1 Å². The maximum Gasteiger partial charge on any atom is 0.387 e. The standard InChI is InChI=1S/C12H12F2O4/c1-2-17-10-7-8(4-6-11(15)16)3-5-9(10)18-12(13)14/h3-7,12H,2H2,1H3,(H,15,16)/p-1/b6-4+. The summed E-state index contributed by atoms with van der Waals surface area (Å²) in [6.45, 7) is -0.989. The number of rotatable bonds is 6. The molecular formula is C12H11F2O4-. The summed E-state index contributed by atoms with van der Waals surface area (Å²) in [6, 6.07) is 4.12. The minimum Gasteiger partial charge on any atom is -0.545 e. The van der Waals surface area contributed by atoms with Gasteiger partial charge in [-0.3, -0.25) is 0 Å². The first kappa shape index (κ1) is 14.0. The van der Waals surface area contributed by atoms with Crippen molar-refractivity contribution in [3.8, 4) is 11.5 Å². The number of carbonyl (C=O) groups excluding carboxylic acids is 1. The zero-order chi connectivity index (χ0) is 13.5. The molecule has 0 unspecified atom stereocenters. The Kier molecular flexibility index (Phi) is 5.10. The molecule has 0 spiro atoms. The second-order valence-electron chi connectivity index (χ2n) is 3.17. The first-order chi connectivity index (χ1) is 8.52. The van der Waals surface area contributed by atoms with Gasteiger partial charge in [0, 0.05) is 0 Å². The van der Waals surface area contributed by atoms with E-state index in [0.717, 1.165) is 6.08 Å². The highest BCUT2D eigenvalue weighted by Gasteiger charge is 2.10. The second-order valence-corrected chi connectivity index (χ2v) is 3.17. The van der Waals surface area contributed by atoms with E-state index in [2.05, 4.69) is 4.74 Å². The van der Waals surface area contributed by atoms with Crippen molar-refractivity contribution in [3.05, 3.63) is 29.8 Å². The van der Waals surface area contributed by atoms with Crippen molar-refractivity contribution in [3.63, 3.8) is 0 Å². The molecule has 4 nitrogen and oxygen atoms in total. The van der Waals surface area contributed by atoms with E-state index in [1.807, 2.05) is 0 Å². The van der Waals surface area contributed by atoms with Crippen molar-refractivity contribution in [2.24, 2.45) is 0 Å². The Morgan fingerprint density at radius 1 is 1.44 bits per heavy atom. The van der Waals surface area contributed by atoms with E-state index in [0.29, 0.717) is 5.56 Å². The second kappa shape index (κ2) is 6.58. The SMILES string of the molecule is CCOc1cc(/C=C/C(=O)[O-])ccc1OC(F)F. The monoisotopic (exact) mass is 257 g/mol. The van der Waals surface area contributed by atoms with Crippen molar-refractivity contribution in [1.82, 2.24) is 0 Å². The average molecular weight is 257 g/mol. The number of carboxylic acids is 1. The summed E-state index contributed by atoms with van der Waals surface area (Å²) in [7, 11) is 0. The van der Waals surface area contributed by atoms with Gasteiger partial charge in [-0.05, 0) is 30.7 Å². The van der Waals surface area contributed by atoms with Gasteiger partial charge in [-0.15, -0.1) is 0 Å². The van der Waals surface area contributed by atoms with E-state index in [-0.39, 0.29) is 18.1 Å². The number of hydrogen-bond acceptors (Lipinski definition) is 4. The summed E-state index contributed by atoms with van der Waals surface area (Å²) in [6.07, 6.45) is 2.10. The van der Waals surface area contributed by atoms with Crippen LogP contribution in [0.15, 0.2) is 24.3 Å². The van der Waals surface area contributed by atoms with Gasteiger partial charge in [0.15, 0.2) is 11.5 Å². The quantitative estimate of drug-likeness (QED) is 0.724. The largest absolute Gasteiger partial charge is 0.545 e. The zero-order valence-electron chi connectivity index (χ0n) is 9.56. The fourth-order valence-electron chi connectivity index (χ4n) is 1.25. The van der Waals surface area contributed by atoms with Crippen LogP contribution in [0.2, 0.25) is 0 Å². The molecule has 1 aromatic rings. The number of aliphatic carboxylic acids is 1. The Morgan fingerprint density at radius 2 is 2.17 bits per heavy atom. The molecule has 0 N–H and O–H groups in total. The van der Waals surface area contributed by atoms with Gasteiger partial charge in [0.1, 0.15) is 0 Å². The highest BCUT2D eigenvalue weighted by Crippen LogP contribution is 2.30. The lowest BCUT2D eigenvalue weighted by Gasteiger charge is -2.11. The molecule has 98 valence electrons. The summed E-state index contributed by atoms with van der Waals surface area (Å²) >= 11 is 0. The summed E-state index contributed by atoms with van der Waals surface area (Å²) < 4.78 is 33.6. The minimum absolute atomic E-state index is 0.0996. The van der Waals surface area contributed by atoms with Gasteiger partial charge in [-0.25, -0.2) is 0 Å². The maximum absolute atomic E-state index is 12.1. The molecule has 0 aliphatic carbocycles. The highest BCUT2D eigenvalue weighted by molar-refractivity contribution is 5.83. The lowest BCUT2D eigenvalue weighted by atomic mass is 10.2. The molecule has 0 atom stereocenters. The Bertz CT molecular complexity index is 444. The number of carbonyl (C=O) groups is 1. The Morgan fingerprint density at radius 3 is 2.72 bits per heavy atom. The van der Waals surface area contributed by atoms with Crippen LogP contribution in [0, 0.1) is 0 Å². The smallest absolute Gasteiger partial charge is 0.387 e. The molecule has 0 aliphatic heterocycles. The van der Waals surface area contributed by atoms with Gasteiger partial charge in [0.05, 0.1) is 12.6 Å². The van der Waals surface area contributed by atoms with Crippen molar-refractivity contribution in [2.75, 3.05) is 6.61 Å². The predicted octanol–water partition coefficient (Wildman–Crippen LogP) is 1.45. The molecule has 0 saturated carbocycles. The van der Waals surface area contributed by atoms with E-state index in [1.165, 1.54) is 24.3 Å². The Hall–Kier alpha value is -2.11. The van der Waals surface area contributed by atoms with Crippen LogP contribution in [-0.2, 0) is 4.79 Å². The zero-order valence-corrected chi connectivity index (χ0v) is 9.56. The summed E-state index contributed by atoms with van der Waals surface area (Å²) in [5, 5.41) is 10.2. The Balaban J connectivity index is 2.98. The number of benzene rings is 1. The summed E-state index contributed by atoms with van der Waals surface area (Å²) in [4.78, 5) is 10.2. The van der Waals surface area contributed by atoms with Crippen LogP contribution in [0.3, 0.4) is 0 Å². The lowest BCUT2D eigenvalue weighted by molar-refractivity contribution is -0.297. The van der Waals surface area contributed by atoms with Gasteiger partial charge < -0.3 is 19.4 Å². The molecule has 0 fully saturated rings. The van der Waals surface area contributed by atoms with Crippen LogP contribution in [0.1, 0.15) is 12.5 Å². The number of alkyl halides is 2. The third kappa shape index (κ3) is 4.40. The van der Waals surface area contributed by atoms with Crippen molar-refractivity contribution in [2.45, 2.75) is 13.5 Å². The third-order valence-corrected chi connectivity index (χ3v) is 1.90. The molecule has 0 heterocycles. The molecule has 0 bridgehead atoms. The molecule has 1 aromatic carbocycles. The first-order valence-corrected chi connectivity index (χ1v) is 5.13. The lowest BCUT2D eigenvalue weighted by Crippen LogP contribution is -2.18. The highest BCUT2D eigenvalue weighted by atomic mass is 19.3. The van der Waals surface area contributed by atoms with Gasteiger partial charge >= 0.3 is 6.61 Å². The van der Waals surface area contributed by atoms with Crippen LogP contribution < -0.4 is 14.6 Å². The first-order valence-electron chi connectivity index (χ1n) is 5.13. The van der Waals surface area contributed by atoms with E-state index in [9.17, 15) is 18.7 Å². The van der Waals surface area contributed by atoms with Crippen LogP contribution in [-0.4, -0.2) is 19.2 Å². The topological polar surface area (TPSA) is 58.6 Å². The van der Waals surface area contributed by atoms with Crippen molar-refractivity contribution < 1.29 is 28.2 Å². The minimum atomic E-state index is -2.95. The fourth-order valence-corrected chi connectivity index (χ4v) is 1.25. The Labute approximate surface area is 102 Å². The molecule has 18 heavy (non-hydrogen) atoms. The molecule has 0 aliphatic rings. The average Bonchev–Trinajstić information content (AvgIpc) is 2.29. The van der Waals surface area contributed by atoms with E-state index in [4.69, 9.17) is 4.74 Å². The van der Waals surface area contributed by atoms with Crippen LogP contribution in [0.25, 0.3) is 6.08 Å². The molecule has 1 rings (SSSR count). The third-order valence-electron chi connectivity index (χ3n) is 1.90. The number of halogens is 2. The molecule has 0 aromatic heterocycles. The maximum atomic E-state index is 12.1. The predicted molar refractivity (Wildman–Crippen MR) is 58.3 cm³/mol. The van der Waals surface area contributed by atoms with Gasteiger partial charge in [0.2, 0.25) is 0 Å². The summed E-state index contributed by atoms with van der Waals surface area (Å²) in [5.41, 5.74) is 0.476. The number of ether oxygens (including phenoxy) is 2. The molecule has 0 radical (unpaired) electrons. The van der Waals surface area contributed by atoms with Crippen molar-refractivity contribution >= 4 is 12.0 Å². The number of hydrogen-bond donors (Lipinski definition) is 0. The van der Waals surface area contributed by atoms with Gasteiger partial charge in [-0.2, -0.15) is 8.78 Å². The van der Waals surface area contributed by atoms with Crippen LogP contribution >= 0.6 is 0 Å². The van der Waals surface area contributed by atoms with Gasteiger partial charge in [0.25, 0.3) is 0 Å². The molecule has 0 saturated heterocycles. The van der Waals surface area contributed by atoms with Crippen LogP contribution in [0.4, 0.5) is 8.78 Å². The van der Waals surface area contributed by atoms with E-state index < -0.39 is 12.6 Å². The van der Waals surface area contributed by atoms with Crippen molar-refractivity contribution in [1.29, 1.82) is 0 Å². The van der Waals surface area contributed by atoms with E-state index in [1.54, 1.807) is 6.92 Å². The molecule has 0 amide bonds. The van der Waals surface area contributed by atoms with E-state index >= 15 is 0 Å². The fraction of sp³-hybridized carbons (Fsp3) is 0.250. The molecular weight excluding hydrogens is 246 g/mol. The summed E-state index contributed by atoms with van der Waals surface area (Å²) in [5.74, 6) is -1.32. The molecule has 6 heteroatoms. The number of carboxylic acid groups (broad SMARTS) is 1.